The molecule has 3 fully saturated rings. The average Bonchev–Trinajstić information content (AvgIpc) is 2.91. The maximum atomic E-state index is 10.4. The van der Waals surface area contributed by atoms with Crippen molar-refractivity contribution < 1.29 is 59.1 Å². The van der Waals surface area contributed by atoms with Crippen LogP contribution in [0, 0.1) is 0 Å². The van der Waals surface area contributed by atoms with E-state index in [1.807, 2.05) is 0 Å². The lowest BCUT2D eigenvalue weighted by Gasteiger charge is -2.49. The Labute approximate surface area is 154 Å². The molecule has 3 aliphatic heterocycles. The number of hydrogen-bond acceptors (Lipinski definition) is 12. The molecule has 3 heterocycles. The summed E-state index contributed by atoms with van der Waals surface area (Å²) in [4.78, 5) is 0. The van der Waals surface area contributed by atoms with Gasteiger partial charge in [0.15, 0.2) is 6.29 Å². The number of methoxy groups -OCH3 is 1. The molecule has 3 saturated heterocycles. The molecule has 27 heavy (non-hydrogen) atoms. The van der Waals surface area contributed by atoms with Crippen LogP contribution in [-0.4, -0.2) is 118 Å². The third-order valence-electron chi connectivity index (χ3n) is 5.09. The molecule has 0 saturated carbocycles. The summed E-state index contributed by atoms with van der Waals surface area (Å²) in [5.74, 6) is -3.59. The first-order chi connectivity index (χ1) is 12.7. The van der Waals surface area contributed by atoms with Crippen molar-refractivity contribution in [3.63, 3.8) is 0 Å². The molecule has 6 N–H and O–H groups in total. The van der Waals surface area contributed by atoms with Crippen LogP contribution < -0.4 is 0 Å². The van der Waals surface area contributed by atoms with Crippen molar-refractivity contribution in [2.75, 3.05) is 26.9 Å². The first kappa shape index (κ1) is 21.2. The van der Waals surface area contributed by atoms with E-state index in [1.54, 1.807) is 0 Å². The fourth-order valence-corrected chi connectivity index (χ4v) is 3.37. The maximum Gasteiger partial charge on any atom is 0.280 e. The number of aliphatic hydroxyl groups is 6. The topological polar surface area (TPSA) is 177 Å². The zero-order chi connectivity index (χ0) is 20.0. The van der Waals surface area contributed by atoms with E-state index in [-0.39, 0.29) is 6.61 Å². The highest BCUT2D eigenvalue weighted by Crippen LogP contribution is 2.38. The lowest BCUT2D eigenvalue weighted by molar-refractivity contribution is -0.459. The molecule has 0 bridgehead atoms. The number of rotatable bonds is 5. The van der Waals surface area contributed by atoms with Crippen molar-refractivity contribution in [1.82, 2.24) is 0 Å². The SMILES string of the molecule is COC1(C)OCC2OC(O[C@]3(CO)O[C@H](CO)[C@@H](O)[C@H]3O)C(O)C(O)C2O1. The van der Waals surface area contributed by atoms with E-state index in [0.29, 0.717) is 0 Å². The van der Waals surface area contributed by atoms with Crippen molar-refractivity contribution in [3.8, 4) is 0 Å². The Morgan fingerprint density at radius 2 is 1.74 bits per heavy atom. The lowest BCUT2D eigenvalue weighted by Crippen LogP contribution is -2.67. The van der Waals surface area contributed by atoms with E-state index in [2.05, 4.69) is 0 Å². The molecule has 0 amide bonds. The molecule has 3 aliphatic rings. The Morgan fingerprint density at radius 1 is 1.04 bits per heavy atom. The lowest BCUT2D eigenvalue weighted by atomic mass is 9.97. The van der Waals surface area contributed by atoms with Gasteiger partial charge >= 0.3 is 0 Å². The molecule has 6 unspecified atom stereocenters. The minimum atomic E-state index is -2.16. The van der Waals surface area contributed by atoms with Crippen LogP contribution in [0.25, 0.3) is 0 Å². The zero-order valence-corrected chi connectivity index (χ0v) is 14.9. The summed E-state index contributed by atoms with van der Waals surface area (Å²) in [6.07, 6.45) is -11.0. The second-order valence-corrected chi connectivity index (χ2v) is 6.85. The van der Waals surface area contributed by atoms with Gasteiger partial charge in [-0.25, -0.2) is 0 Å². The summed E-state index contributed by atoms with van der Waals surface area (Å²) < 4.78 is 32.3. The molecule has 0 spiro atoms. The van der Waals surface area contributed by atoms with Crippen LogP contribution in [0.1, 0.15) is 6.92 Å². The molecular weight excluding hydrogens is 372 g/mol. The van der Waals surface area contributed by atoms with Gasteiger partial charge in [-0.15, -0.1) is 0 Å². The Hall–Kier alpha value is -0.480. The minimum absolute atomic E-state index is 0.0595. The Bertz CT molecular complexity index is 519. The number of aliphatic hydroxyl groups excluding tert-OH is 6. The highest BCUT2D eigenvalue weighted by molar-refractivity contribution is 4.99. The maximum absolute atomic E-state index is 10.4. The molecular formula is C15H26O12. The smallest absolute Gasteiger partial charge is 0.280 e. The molecule has 0 aromatic carbocycles. The van der Waals surface area contributed by atoms with E-state index in [0.717, 1.165) is 0 Å². The van der Waals surface area contributed by atoms with Crippen LogP contribution in [0.5, 0.6) is 0 Å². The molecule has 158 valence electrons. The van der Waals surface area contributed by atoms with Crippen LogP contribution in [0.2, 0.25) is 0 Å². The van der Waals surface area contributed by atoms with Gasteiger partial charge in [0.1, 0.15) is 49.3 Å². The molecule has 0 aromatic heterocycles. The summed E-state index contributed by atoms with van der Waals surface area (Å²) >= 11 is 0. The van der Waals surface area contributed by atoms with Gasteiger partial charge in [-0.2, -0.15) is 0 Å². The molecule has 12 heteroatoms. The molecule has 0 aromatic rings. The summed E-state index contributed by atoms with van der Waals surface area (Å²) in [6, 6.07) is 0. The fourth-order valence-electron chi connectivity index (χ4n) is 3.37. The van der Waals surface area contributed by atoms with Crippen LogP contribution in [0.15, 0.2) is 0 Å². The van der Waals surface area contributed by atoms with Gasteiger partial charge in [0, 0.05) is 14.0 Å². The van der Waals surface area contributed by atoms with Crippen LogP contribution in [-0.2, 0) is 28.4 Å². The van der Waals surface area contributed by atoms with Gasteiger partial charge < -0.3 is 59.1 Å². The van der Waals surface area contributed by atoms with E-state index >= 15 is 0 Å². The number of ether oxygens (including phenoxy) is 6. The van der Waals surface area contributed by atoms with Crippen molar-refractivity contribution in [2.24, 2.45) is 0 Å². The monoisotopic (exact) mass is 398 g/mol. The fraction of sp³-hybridized carbons (Fsp3) is 1.00. The van der Waals surface area contributed by atoms with E-state index in [1.165, 1.54) is 14.0 Å². The van der Waals surface area contributed by atoms with Crippen molar-refractivity contribution in [1.29, 1.82) is 0 Å². The second kappa shape index (κ2) is 7.74. The Kier molecular flexibility index (Phi) is 6.09. The van der Waals surface area contributed by atoms with E-state index < -0.39 is 74.0 Å². The molecule has 10 atom stereocenters. The van der Waals surface area contributed by atoms with Crippen LogP contribution in [0.3, 0.4) is 0 Å². The minimum Gasteiger partial charge on any atom is -0.394 e. The van der Waals surface area contributed by atoms with Crippen LogP contribution in [0.4, 0.5) is 0 Å². The normalized spacial score (nSPS) is 53.3. The highest BCUT2D eigenvalue weighted by Gasteiger charge is 2.59. The summed E-state index contributed by atoms with van der Waals surface area (Å²) in [7, 11) is 1.35. The zero-order valence-electron chi connectivity index (χ0n) is 14.9. The third kappa shape index (κ3) is 3.61. The summed E-state index contributed by atoms with van der Waals surface area (Å²) in [6.45, 7) is -0.115. The first-order valence-corrected chi connectivity index (χ1v) is 8.52. The van der Waals surface area contributed by atoms with E-state index in [4.69, 9.17) is 28.4 Å². The Morgan fingerprint density at radius 3 is 2.30 bits per heavy atom. The van der Waals surface area contributed by atoms with Crippen LogP contribution >= 0.6 is 0 Å². The number of fused-ring (bicyclic) bond motifs is 1. The average molecular weight is 398 g/mol. The standard InChI is InChI=1S/C15H26O12/c1-14(22-2)23-4-7-11(26-14)9(19)10(20)13(24-7)27-15(5-17)12(21)8(18)6(3-16)25-15/h6-13,16-21H,3-5H2,1-2H3/t6-,7?,8-,9?,10?,11?,12-,13?,14?,15+/m1/s1. The van der Waals surface area contributed by atoms with Gasteiger partial charge in [0.2, 0.25) is 5.79 Å². The predicted octanol–water partition coefficient (Wildman–Crippen LogP) is -4.01. The van der Waals surface area contributed by atoms with Crippen molar-refractivity contribution in [2.45, 2.75) is 67.7 Å². The highest BCUT2D eigenvalue weighted by atomic mass is 16.9. The second-order valence-electron chi connectivity index (χ2n) is 6.85. The summed E-state index contributed by atoms with van der Waals surface area (Å²) in [5, 5.41) is 59.8. The first-order valence-electron chi connectivity index (χ1n) is 8.52. The predicted molar refractivity (Wildman–Crippen MR) is 81.8 cm³/mol. The van der Waals surface area contributed by atoms with Crippen molar-refractivity contribution >= 4 is 0 Å². The molecule has 3 rings (SSSR count). The molecule has 12 nitrogen and oxygen atoms in total. The quantitative estimate of drug-likeness (QED) is 0.265. The van der Waals surface area contributed by atoms with E-state index in [9.17, 15) is 30.6 Å². The number of hydrogen-bond donors (Lipinski definition) is 6. The van der Waals surface area contributed by atoms with Crippen molar-refractivity contribution in [3.05, 3.63) is 0 Å². The Balaban J connectivity index is 1.75. The molecule has 0 radical (unpaired) electrons. The third-order valence-corrected chi connectivity index (χ3v) is 5.09. The van der Waals surface area contributed by atoms with Gasteiger partial charge in [-0.3, -0.25) is 0 Å². The largest absolute Gasteiger partial charge is 0.394 e. The summed E-state index contributed by atoms with van der Waals surface area (Å²) in [5.41, 5.74) is 0. The van der Waals surface area contributed by atoms with Gasteiger partial charge in [0.05, 0.1) is 13.2 Å². The van der Waals surface area contributed by atoms with Gasteiger partial charge in [0.25, 0.3) is 5.97 Å². The van der Waals surface area contributed by atoms with Gasteiger partial charge in [-0.1, -0.05) is 0 Å². The van der Waals surface area contributed by atoms with Gasteiger partial charge in [-0.05, 0) is 0 Å². The molecule has 0 aliphatic carbocycles.